The molecule has 4 aromatic rings. The number of rotatable bonds is 8. The monoisotopic (exact) mass is 663 g/mol. The molecule has 3 aliphatic heterocycles. The molecule has 0 bridgehead atoms. The van der Waals surface area contributed by atoms with Crippen LogP contribution in [0.1, 0.15) is 45.6 Å². The molecule has 2 aromatic heterocycles. The van der Waals surface area contributed by atoms with Crippen LogP contribution in [0.4, 0.5) is 10.2 Å². The van der Waals surface area contributed by atoms with E-state index in [9.17, 15) is 10.1 Å². The van der Waals surface area contributed by atoms with Crippen molar-refractivity contribution in [3.05, 3.63) is 78.3 Å². The molecule has 49 heavy (non-hydrogen) atoms. The number of anilines is 1. The van der Waals surface area contributed by atoms with Crippen LogP contribution >= 0.6 is 0 Å². The summed E-state index contributed by atoms with van der Waals surface area (Å²) in [5.74, 6) is 0.827. The number of fused-ring (bicyclic) bond motifs is 1. The van der Waals surface area contributed by atoms with Crippen molar-refractivity contribution < 1.29 is 18.7 Å². The van der Waals surface area contributed by atoms with Crippen molar-refractivity contribution >= 4 is 22.6 Å². The van der Waals surface area contributed by atoms with Crippen LogP contribution in [-0.2, 0) is 9.53 Å². The van der Waals surface area contributed by atoms with E-state index in [-0.39, 0.29) is 34.3 Å². The first-order valence-electron chi connectivity index (χ1n) is 17.1. The van der Waals surface area contributed by atoms with Gasteiger partial charge in [0.15, 0.2) is 0 Å². The van der Waals surface area contributed by atoms with Gasteiger partial charge < -0.3 is 20.1 Å². The predicted octanol–water partition coefficient (Wildman–Crippen LogP) is 6.36. The number of halogens is 1. The molecule has 7 rings (SSSR count). The number of likely N-dealkylation sites (tertiary alicyclic amines) is 2. The molecule has 3 aliphatic rings. The molecule has 10 nitrogen and oxygen atoms in total. The van der Waals surface area contributed by atoms with Gasteiger partial charge in [0.1, 0.15) is 40.5 Å². The smallest absolute Gasteiger partial charge is 0.264 e. The highest BCUT2D eigenvalue weighted by Crippen LogP contribution is 2.40. The molecular formula is C38H42FN7O3. The van der Waals surface area contributed by atoms with Gasteiger partial charge in [0.05, 0.1) is 36.2 Å². The third-order valence-corrected chi connectivity index (χ3v) is 10.4. The molecule has 2 N–H and O–H groups in total. The van der Waals surface area contributed by atoms with Crippen LogP contribution in [0.25, 0.3) is 22.2 Å². The van der Waals surface area contributed by atoms with Gasteiger partial charge in [-0.25, -0.2) is 9.37 Å². The van der Waals surface area contributed by atoms with Crippen molar-refractivity contribution in [2.24, 2.45) is 11.3 Å². The maximum atomic E-state index is 15.7. The molecular weight excluding hydrogens is 621 g/mol. The number of hydrogen-bond donors (Lipinski definition) is 1. The van der Waals surface area contributed by atoms with Gasteiger partial charge in [-0.2, -0.15) is 10.4 Å². The summed E-state index contributed by atoms with van der Waals surface area (Å²) in [4.78, 5) is 22.4. The van der Waals surface area contributed by atoms with Crippen LogP contribution in [0.15, 0.2) is 72.4 Å². The third kappa shape index (κ3) is 6.63. The molecule has 3 fully saturated rings. The molecule has 0 aliphatic carbocycles. The molecule has 0 radical (unpaired) electrons. The molecule has 0 spiro atoms. The third-order valence-electron chi connectivity index (χ3n) is 10.4. The Kier molecular flexibility index (Phi) is 9.09. The van der Waals surface area contributed by atoms with Crippen LogP contribution in [0.2, 0.25) is 0 Å². The highest BCUT2D eigenvalue weighted by atomic mass is 19.1. The van der Waals surface area contributed by atoms with Crippen molar-refractivity contribution in [2.45, 2.75) is 51.6 Å². The fraction of sp³-hybridized carbons (Fsp3) is 0.421. The number of piperidine rings is 2. The Morgan fingerprint density at radius 1 is 1.06 bits per heavy atom. The van der Waals surface area contributed by atoms with Gasteiger partial charge in [0.25, 0.3) is 5.91 Å². The van der Waals surface area contributed by atoms with E-state index in [2.05, 4.69) is 29.8 Å². The minimum absolute atomic E-state index is 0.180. The average Bonchev–Trinajstić information content (AvgIpc) is 3.48. The summed E-state index contributed by atoms with van der Waals surface area (Å²) in [6.45, 7) is 8.83. The minimum atomic E-state index is -0.502. The van der Waals surface area contributed by atoms with Gasteiger partial charge in [-0.3, -0.25) is 14.4 Å². The first kappa shape index (κ1) is 32.7. The molecule has 3 saturated heterocycles. The lowest BCUT2D eigenvalue weighted by Crippen LogP contribution is -2.52. The quantitative estimate of drug-likeness (QED) is 0.171. The molecule has 0 saturated carbocycles. The van der Waals surface area contributed by atoms with Gasteiger partial charge in [-0.05, 0) is 80.4 Å². The van der Waals surface area contributed by atoms with Crippen molar-refractivity contribution in [3.8, 4) is 28.8 Å². The van der Waals surface area contributed by atoms with Crippen molar-refractivity contribution in [2.75, 3.05) is 45.1 Å². The van der Waals surface area contributed by atoms with E-state index in [4.69, 9.17) is 20.3 Å². The topological polar surface area (TPSA) is 123 Å². The maximum absolute atomic E-state index is 15.7. The number of ether oxygens (including phenoxy) is 2. The van der Waals surface area contributed by atoms with Gasteiger partial charge in [-0.15, -0.1) is 0 Å². The van der Waals surface area contributed by atoms with Gasteiger partial charge in [0.2, 0.25) is 0 Å². The largest absolute Gasteiger partial charge is 0.457 e. The van der Waals surface area contributed by atoms with Crippen molar-refractivity contribution in [1.29, 1.82) is 5.26 Å². The summed E-state index contributed by atoms with van der Waals surface area (Å²) < 4.78 is 28.8. The number of allylic oxidation sites excluding steroid dienone is 1. The number of hydrogen-bond acceptors (Lipinski definition) is 8. The number of nitrogens with zero attached hydrogens (tertiary/aromatic N) is 6. The Balaban J connectivity index is 1.11. The number of nitrogen functional groups attached to an aromatic ring is 1. The Hall–Kier alpha value is -4.79. The second-order valence-electron chi connectivity index (χ2n) is 14.0. The molecule has 5 heterocycles. The van der Waals surface area contributed by atoms with E-state index in [1.807, 2.05) is 35.0 Å². The van der Waals surface area contributed by atoms with E-state index in [0.29, 0.717) is 53.1 Å². The standard InChI is InChI=1S/C38H42FN7O3/c1-38(2,26-13-17-44(18-14-26)28-23-48-24-28)20-25(21-40)37(47)45-16-6-7-27(22-45)46-33-12-15-42-36(41)34(33)35(43-46)31-11-10-30(19-32(31)39)49-29-8-4-3-5-9-29/h3-5,8-12,15,19-20,26-28H,6-7,13-14,16-18,22-24H2,1-2H3,(H2,41,42)/b25-20-/t27-/m1/s1. The SMILES string of the molecule is CC(C)(/C=C(/C#N)C(=O)N1CCC[C@@H](n2nc(-c3ccc(Oc4ccccc4)cc3F)c3c(N)nccc32)C1)C1CCN(C2COC2)CC1. The summed E-state index contributed by atoms with van der Waals surface area (Å²) in [6.07, 6.45) is 7.05. The normalized spacial score (nSPS) is 19.8. The molecule has 1 atom stereocenters. The Morgan fingerprint density at radius 2 is 1.84 bits per heavy atom. The van der Waals surface area contributed by atoms with Crippen LogP contribution in [0.3, 0.4) is 0 Å². The fourth-order valence-electron chi connectivity index (χ4n) is 7.54. The Labute approximate surface area is 285 Å². The van der Waals surface area contributed by atoms with E-state index in [1.165, 1.54) is 6.07 Å². The molecule has 11 heteroatoms. The molecule has 0 unspecified atom stereocenters. The fourth-order valence-corrected chi connectivity index (χ4v) is 7.54. The van der Waals surface area contributed by atoms with Crippen LogP contribution in [0.5, 0.6) is 11.5 Å². The van der Waals surface area contributed by atoms with E-state index >= 15 is 4.39 Å². The number of para-hydroxylation sites is 1. The summed E-state index contributed by atoms with van der Waals surface area (Å²) in [5.41, 5.74) is 7.62. The van der Waals surface area contributed by atoms with Crippen molar-refractivity contribution in [3.63, 3.8) is 0 Å². The van der Waals surface area contributed by atoms with Crippen LogP contribution in [-0.4, -0.2) is 75.9 Å². The highest BCUT2D eigenvalue weighted by Gasteiger charge is 2.37. The minimum Gasteiger partial charge on any atom is -0.457 e. The first-order valence-corrected chi connectivity index (χ1v) is 17.1. The Morgan fingerprint density at radius 3 is 2.53 bits per heavy atom. The maximum Gasteiger partial charge on any atom is 0.264 e. The number of nitriles is 1. The number of carbonyl (C=O) groups excluding carboxylic acids is 1. The zero-order chi connectivity index (χ0) is 34.1. The van der Waals surface area contributed by atoms with E-state index < -0.39 is 5.82 Å². The van der Waals surface area contributed by atoms with Gasteiger partial charge in [0, 0.05) is 30.9 Å². The zero-order valence-electron chi connectivity index (χ0n) is 28.0. The lowest BCUT2D eigenvalue weighted by Gasteiger charge is -2.44. The summed E-state index contributed by atoms with van der Waals surface area (Å²) >= 11 is 0. The lowest BCUT2D eigenvalue weighted by molar-refractivity contribution is -0.128. The Bertz CT molecular complexity index is 1910. The summed E-state index contributed by atoms with van der Waals surface area (Å²) in [6, 6.07) is 18.2. The lowest BCUT2D eigenvalue weighted by atomic mass is 9.72. The van der Waals surface area contributed by atoms with Crippen LogP contribution in [0, 0.1) is 28.5 Å². The predicted molar refractivity (Wildman–Crippen MR) is 185 cm³/mol. The highest BCUT2D eigenvalue weighted by molar-refractivity contribution is 6.00. The summed E-state index contributed by atoms with van der Waals surface area (Å²) in [7, 11) is 0. The van der Waals surface area contributed by atoms with E-state index in [0.717, 1.165) is 52.0 Å². The zero-order valence-corrected chi connectivity index (χ0v) is 28.0. The van der Waals surface area contributed by atoms with E-state index in [1.54, 1.807) is 35.4 Å². The number of amides is 1. The second-order valence-corrected chi connectivity index (χ2v) is 14.0. The second kappa shape index (κ2) is 13.6. The number of aromatic nitrogens is 3. The number of benzene rings is 2. The van der Waals surface area contributed by atoms with Crippen LogP contribution < -0.4 is 10.5 Å². The first-order chi connectivity index (χ1) is 23.7. The molecule has 1 amide bonds. The molecule has 2 aromatic carbocycles. The summed E-state index contributed by atoms with van der Waals surface area (Å²) in [5, 5.41) is 15.7. The number of pyridine rings is 1. The molecule has 254 valence electrons. The average molecular weight is 664 g/mol. The number of carbonyl (C=O) groups is 1. The van der Waals surface area contributed by atoms with Gasteiger partial charge in [-0.1, -0.05) is 38.1 Å². The van der Waals surface area contributed by atoms with Gasteiger partial charge >= 0.3 is 0 Å². The van der Waals surface area contributed by atoms with Crippen molar-refractivity contribution in [1.82, 2.24) is 24.6 Å². The number of nitrogens with two attached hydrogens (primary N) is 1.